The highest BCUT2D eigenvalue weighted by molar-refractivity contribution is 7.80. The zero-order valence-electron chi connectivity index (χ0n) is 13.7. The first-order valence-electron chi connectivity index (χ1n) is 8.06. The van der Waals surface area contributed by atoms with Gasteiger partial charge >= 0.3 is 0 Å². The molecule has 0 aliphatic carbocycles. The van der Waals surface area contributed by atoms with Gasteiger partial charge in [-0.25, -0.2) is 0 Å². The molecule has 7 heteroatoms. The Morgan fingerprint density at radius 2 is 1.88 bits per heavy atom. The van der Waals surface area contributed by atoms with Crippen LogP contribution in [-0.4, -0.2) is 29.2 Å². The predicted octanol–water partition coefficient (Wildman–Crippen LogP) is 3.13. The van der Waals surface area contributed by atoms with Gasteiger partial charge in [0.1, 0.15) is 13.2 Å². The number of ether oxygens (including phenoxy) is 2. The molecule has 3 aromatic rings. The smallest absolute Gasteiger partial charge is 0.257 e. The Hall–Kier alpha value is -3.19. The summed E-state index contributed by atoms with van der Waals surface area (Å²) in [5, 5.41) is 6.86. The van der Waals surface area contributed by atoms with Crippen LogP contribution in [-0.2, 0) is 0 Å². The lowest BCUT2D eigenvalue weighted by atomic mass is 10.2. The van der Waals surface area contributed by atoms with Crippen molar-refractivity contribution in [1.82, 2.24) is 10.3 Å². The van der Waals surface area contributed by atoms with Crippen molar-refractivity contribution in [2.75, 3.05) is 18.5 Å². The van der Waals surface area contributed by atoms with Gasteiger partial charge in [-0.2, -0.15) is 0 Å². The Labute approximate surface area is 155 Å². The van der Waals surface area contributed by atoms with Crippen molar-refractivity contribution in [2.24, 2.45) is 0 Å². The van der Waals surface area contributed by atoms with E-state index in [-0.39, 0.29) is 11.0 Å². The third kappa shape index (κ3) is 3.29. The summed E-state index contributed by atoms with van der Waals surface area (Å²) in [4.78, 5) is 16.7. The van der Waals surface area contributed by atoms with Crippen LogP contribution in [0, 0.1) is 0 Å². The average molecular weight is 365 g/mol. The normalized spacial score (nSPS) is 12.5. The molecule has 6 nitrogen and oxygen atoms in total. The molecule has 0 saturated carbocycles. The Bertz CT molecular complexity index is 1000. The van der Waals surface area contributed by atoms with Crippen molar-refractivity contribution in [3.8, 4) is 11.5 Å². The minimum absolute atomic E-state index is 0.209. The van der Waals surface area contributed by atoms with Crippen LogP contribution in [0.5, 0.6) is 11.5 Å². The van der Waals surface area contributed by atoms with Crippen LogP contribution in [0.4, 0.5) is 5.69 Å². The molecule has 26 heavy (non-hydrogen) atoms. The Balaban J connectivity index is 1.48. The van der Waals surface area contributed by atoms with Crippen LogP contribution in [0.25, 0.3) is 10.9 Å². The SMILES string of the molecule is O=C(NC(=S)Nc1cccc2ncccc12)c1ccc2c(c1)OCCO2. The number of nitrogens with zero attached hydrogens (tertiary/aromatic N) is 1. The molecule has 0 spiro atoms. The van der Waals surface area contributed by atoms with Crippen LogP contribution < -0.4 is 20.1 Å². The van der Waals surface area contributed by atoms with Gasteiger partial charge in [0.25, 0.3) is 5.91 Å². The second kappa shape index (κ2) is 6.97. The molecule has 0 saturated heterocycles. The molecule has 130 valence electrons. The maximum atomic E-state index is 12.4. The number of nitrogens with one attached hydrogen (secondary N) is 2. The van der Waals surface area contributed by atoms with Crippen LogP contribution >= 0.6 is 12.2 Å². The summed E-state index contributed by atoms with van der Waals surface area (Å²) < 4.78 is 11.0. The van der Waals surface area contributed by atoms with E-state index in [1.54, 1.807) is 24.4 Å². The highest BCUT2D eigenvalue weighted by Gasteiger charge is 2.16. The van der Waals surface area contributed by atoms with Gasteiger partial charge in [-0.3, -0.25) is 15.1 Å². The molecule has 1 aliphatic rings. The van der Waals surface area contributed by atoms with Crippen LogP contribution in [0.1, 0.15) is 10.4 Å². The van der Waals surface area contributed by atoms with Gasteiger partial charge in [-0.1, -0.05) is 6.07 Å². The first kappa shape index (κ1) is 16.3. The summed E-state index contributed by atoms with van der Waals surface area (Å²) in [6.45, 7) is 0.972. The van der Waals surface area contributed by atoms with Crippen LogP contribution in [0.15, 0.2) is 54.7 Å². The number of anilines is 1. The third-order valence-electron chi connectivity index (χ3n) is 3.93. The van der Waals surface area contributed by atoms with Gasteiger partial charge in [0.05, 0.1) is 5.52 Å². The number of pyridine rings is 1. The lowest BCUT2D eigenvalue weighted by Crippen LogP contribution is -2.34. The Morgan fingerprint density at radius 1 is 1.04 bits per heavy atom. The number of fused-ring (bicyclic) bond motifs is 2. The number of aromatic nitrogens is 1. The van der Waals surface area contributed by atoms with E-state index in [0.29, 0.717) is 30.3 Å². The summed E-state index contributed by atoms with van der Waals surface area (Å²) in [7, 11) is 0. The fraction of sp³-hybridized carbons (Fsp3) is 0.105. The Morgan fingerprint density at radius 3 is 2.77 bits per heavy atom. The highest BCUT2D eigenvalue weighted by Crippen LogP contribution is 2.30. The molecule has 1 amide bonds. The van der Waals surface area contributed by atoms with E-state index in [1.807, 2.05) is 30.3 Å². The lowest BCUT2D eigenvalue weighted by Gasteiger charge is -2.18. The number of rotatable bonds is 2. The van der Waals surface area contributed by atoms with E-state index in [2.05, 4.69) is 15.6 Å². The minimum Gasteiger partial charge on any atom is -0.486 e. The lowest BCUT2D eigenvalue weighted by molar-refractivity contribution is 0.0976. The van der Waals surface area contributed by atoms with Crippen LogP contribution in [0.3, 0.4) is 0 Å². The van der Waals surface area contributed by atoms with Crippen molar-refractivity contribution in [1.29, 1.82) is 0 Å². The zero-order chi connectivity index (χ0) is 17.9. The fourth-order valence-electron chi connectivity index (χ4n) is 2.73. The minimum atomic E-state index is -0.321. The first-order chi connectivity index (χ1) is 12.7. The monoisotopic (exact) mass is 365 g/mol. The second-order valence-electron chi connectivity index (χ2n) is 5.64. The summed E-state index contributed by atoms with van der Waals surface area (Å²) in [5.41, 5.74) is 2.07. The third-order valence-corrected chi connectivity index (χ3v) is 4.13. The van der Waals surface area contributed by atoms with Gasteiger partial charge in [0, 0.05) is 22.8 Å². The molecular weight excluding hydrogens is 350 g/mol. The number of amides is 1. The van der Waals surface area contributed by atoms with Crippen molar-refractivity contribution in [3.63, 3.8) is 0 Å². The second-order valence-corrected chi connectivity index (χ2v) is 6.05. The molecular formula is C19H15N3O3S. The quantitative estimate of drug-likeness (QED) is 0.680. The molecule has 1 aromatic heterocycles. The standard InChI is InChI=1S/C19H15N3O3S/c23-18(12-6-7-16-17(11-12)25-10-9-24-16)22-19(26)21-15-5-1-4-14-13(15)3-2-8-20-14/h1-8,11H,9-10H2,(H2,21,22,23,26). The average Bonchev–Trinajstić information content (AvgIpc) is 2.68. The number of thiocarbonyl (C=S) groups is 1. The molecule has 2 aromatic carbocycles. The van der Waals surface area contributed by atoms with Gasteiger partial charge in [-0.05, 0) is 54.7 Å². The summed E-state index contributed by atoms with van der Waals surface area (Å²) in [6, 6.07) is 14.5. The number of benzene rings is 2. The molecule has 2 heterocycles. The van der Waals surface area contributed by atoms with E-state index in [9.17, 15) is 4.79 Å². The molecule has 1 aliphatic heterocycles. The predicted molar refractivity (Wildman–Crippen MR) is 103 cm³/mol. The number of hydrogen-bond acceptors (Lipinski definition) is 5. The largest absolute Gasteiger partial charge is 0.486 e. The fourth-order valence-corrected chi connectivity index (χ4v) is 2.93. The Kier molecular flexibility index (Phi) is 4.37. The summed E-state index contributed by atoms with van der Waals surface area (Å²) in [6.07, 6.45) is 1.73. The summed E-state index contributed by atoms with van der Waals surface area (Å²) >= 11 is 5.28. The van der Waals surface area contributed by atoms with Crippen molar-refractivity contribution >= 4 is 39.8 Å². The first-order valence-corrected chi connectivity index (χ1v) is 8.47. The molecule has 0 radical (unpaired) electrons. The van der Waals surface area contributed by atoms with Gasteiger partial charge in [-0.15, -0.1) is 0 Å². The maximum Gasteiger partial charge on any atom is 0.257 e. The molecule has 0 bridgehead atoms. The van der Waals surface area contributed by atoms with Gasteiger partial charge in [0.15, 0.2) is 16.6 Å². The number of hydrogen-bond donors (Lipinski definition) is 2. The number of carbonyl (C=O) groups excluding carboxylic acids is 1. The summed E-state index contributed by atoms with van der Waals surface area (Å²) in [5.74, 6) is 0.873. The number of carbonyl (C=O) groups is 1. The van der Waals surface area contributed by atoms with Gasteiger partial charge < -0.3 is 14.8 Å². The van der Waals surface area contributed by atoms with E-state index >= 15 is 0 Å². The molecule has 0 atom stereocenters. The van der Waals surface area contributed by atoms with E-state index < -0.39 is 0 Å². The zero-order valence-corrected chi connectivity index (χ0v) is 14.5. The molecule has 0 unspecified atom stereocenters. The molecule has 0 fully saturated rings. The maximum absolute atomic E-state index is 12.4. The van der Waals surface area contributed by atoms with Crippen molar-refractivity contribution in [3.05, 3.63) is 60.3 Å². The van der Waals surface area contributed by atoms with Crippen molar-refractivity contribution in [2.45, 2.75) is 0 Å². The van der Waals surface area contributed by atoms with Crippen molar-refractivity contribution < 1.29 is 14.3 Å². The molecule has 2 N–H and O–H groups in total. The molecule has 4 rings (SSSR count). The topological polar surface area (TPSA) is 72.5 Å². The highest BCUT2D eigenvalue weighted by atomic mass is 32.1. The van der Waals surface area contributed by atoms with E-state index in [4.69, 9.17) is 21.7 Å². The van der Waals surface area contributed by atoms with E-state index in [1.165, 1.54) is 0 Å². The van der Waals surface area contributed by atoms with Crippen LogP contribution in [0.2, 0.25) is 0 Å². The van der Waals surface area contributed by atoms with E-state index in [0.717, 1.165) is 16.6 Å². The van der Waals surface area contributed by atoms with Gasteiger partial charge in [0.2, 0.25) is 0 Å².